The highest BCUT2D eigenvalue weighted by Crippen LogP contribution is 2.25. The lowest BCUT2D eigenvalue weighted by Crippen LogP contribution is -2.62. The van der Waals surface area contributed by atoms with Gasteiger partial charge in [0.05, 0.1) is 12.6 Å². The van der Waals surface area contributed by atoms with Crippen LogP contribution in [0.3, 0.4) is 0 Å². The maximum absolute atomic E-state index is 5.42. The summed E-state index contributed by atoms with van der Waals surface area (Å²) >= 11 is 0. The van der Waals surface area contributed by atoms with Crippen LogP contribution in [0.1, 0.15) is 46.5 Å². The highest BCUT2D eigenvalue weighted by molar-refractivity contribution is 5.23. The Labute approximate surface area is 101 Å². The van der Waals surface area contributed by atoms with E-state index in [-0.39, 0.29) is 0 Å². The zero-order valence-electron chi connectivity index (χ0n) is 11.2. The fourth-order valence-electron chi connectivity index (χ4n) is 1.89. The van der Waals surface area contributed by atoms with Gasteiger partial charge < -0.3 is 10.5 Å². The zero-order chi connectivity index (χ0) is 12.6. The van der Waals surface area contributed by atoms with Crippen molar-refractivity contribution in [3.8, 4) is 0 Å². The van der Waals surface area contributed by atoms with Crippen molar-refractivity contribution in [2.45, 2.75) is 52.5 Å². The van der Waals surface area contributed by atoms with Crippen LogP contribution in [0.4, 0.5) is 0 Å². The zero-order valence-corrected chi connectivity index (χ0v) is 11.2. The molecule has 3 N–H and O–H groups in total. The summed E-state index contributed by atoms with van der Waals surface area (Å²) in [6.07, 6.45) is 4.90. The molecular formula is C14H28NO+. The minimum Gasteiger partial charge on any atom is -0.494 e. The van der Waals surface area contributed by atoms with Crippen molar-refractivity contribution >= 4 is 0 Å². The Morgan fingerprint density at radius 1 is 1.25 bits per heavy atom. The number of allylic oxidation sites excluding steroid dienone is 1. The van der Waals surface area contributed by atoms with Crippen molar-refractivity contribution in [1.29, 1.82) is 0 Å². The Kier molecular flexibility index (Phi) is 8.00. The molecule has 0 radical (unpaired) electrons. The second kappa shape index (κ2) is 8.40. The van der Waals surface area contributed by atoms with E-state index in [9.17, 15) is 0 Å². The minimum atomic E-state index is 0.363. The Morgan fingerprint density at radius 3 is 2.31 bits per heavy atom. The van der Waals surface area contributed by atoms with Crippen LogP contribution in [0.5, 0.6) is 0 Å². The van der Waals surface area contributed by atoms with E-state index >= 15 is 0 Å². The first-order chi connectivity index (χ1) is 7.54. The van der Waals surface area contributed by atoms with Crippen LogP contribution in [0, 0.1) is 5.92 Å². The molecule has 2 nitrogen and oxygen atoms in total. The molecule has 0 saturated carbocycles. The Hall–Kier alpha value is -0.760. The largest absolute Gasteiger partial charge is 0.494 e. The maximum atomic E-state index is 5.42. The smallest absolute Gasteiger partial charge is 0.115 e. The van der Waals surface area contributed by atoms with E-state index in [1.807, 2.05) is 6.92 Å². The van der Waals surface area contributed by atoms with E-state index in [2.05, 4.69) is 32.7 Å². The standard InChI is InChI=1S/C14H27NO/c1-6-8-9-10-14(12(4)15)11(3)13(5)16-7-2/h12,14H,3,5-10,15H2,1-2,4H3/p+1. The van der Waals surface area contributed by atoms with Gasteiger partial charge in [-0.25, -0.2) is 0 Å². The first kappa shape index (κ1) is 15.2. The van der Waals surface area contributed by atoms with E-state index in [0.717, 1.165) is 17.8 Å². The molecule has 0 aliphatic rings. The third-order valence-electron chi connectivity index (χ3n) is 2.93. The van der Waals surface area contributed by atoms with Gasteiger partial charge >= 0.3 is 0 Å². The van der Waals surface area contributed by atoms with Crippen LogP contribution in [-0.2, 0) is 4.74 Å². The number of hydrogen-bond donors (Lipinski definition) is 1. The van der Waals surface area contributed by atoms with E-state index in [0.29, 0.717) is 18.6 Å². The van der Waals surface area contributed by atoms with Crippen LogP contribution >= 0.6 is 0 Å². The van der Waals surface area contributed by atoms with Gasteiger partial charge in [-0.1, -0.05) is 39.3 Å². The van der Waals surface area contributed by atoms with Gasteiger partial charge in [0.25, 0.3) is 0 Å². The minimum absolute atomic E-state index is 0.363. The van der Waals surface area contributed by atoms with Gasteiger partial charge in [0, 0.05) is 5.92 Å². The van der Waals surface area contributed by atoms with Crippen molar-refractivity contribution in [3.63, 3.8) is 0 Å². The average Bonchev–Trinajstić information content (AvgIpc) is 2.23. The molecule has 0 aromatic heterocycles. The van der Waals surface area contributed by atoms with Crippen LogP contribution in [0.15, 0.2) is 24.5 Å². The lowest BCUT2D eigenvalue weighted by Gasteiger charge is -2.22. The second-order valence-corrected chi connectivity index (χ2v) is 4.46. The molecule has 0 heterocycles. The van der Waals surface area contributed by atoms with Gasteiger partial charge in [-0.05, 0) is 25.8 Å². The number of quaternary nitrogens is 1. The molecular weight excluding hydrogens is 198 g/mol. The molecule has 0 aromatic carbocycles. The third kappa shape index (κ3) is 5.36. The number of ether oxygens (including phenoxy) is 1. The summed E-state index contributed by atoms with van der Waals surface area (Å²) in [5, 5.41) is 0. The van der Waals surface area contributed by atoms with E-state index in [1.54, 1.807) is 0 Å². The molecule has 0 aliphatic carbocycles. The first-order valence-corrected chi connectivity index (χ1v) is 6.38. The summed E-state index contributed by atoms with van der Waals surface area (Å²) in [6.45, 7) is 15.0. The Bertz CT molecular complexity index is 221. The molecule has 2 unspecified atom stereocenters. The predicted octanol–water partition coefficient (Wildman–Crippen LogP) is 2.92. The van der Waals surface area contributed by atoms with E-state index < -0.39 is 0 Å². The summed E-state index contributed by atoms with van der Waals surface area (Å²) in [4.78, 5) is 0. The highest BCUT2D eigenvalue weighted by atomic mass is 16.5. The molecule has 0 spiro atoms. The van der Waals surface area contributed by atoms with Crippen LogP contribution in [-0.4, -0.2) is 12.6 Å². The molecule has 0 rings (SSSR count). The van der Waals surface area contributed by atoms with E-state index in [1.165, 1.54) is 19.3 Å². The van der Waals surface area contributed by atoms with Crippen LogP contribution in [0.2, 0.25) is 0 Å². The molecule has 0 fully saturated rings. The normalized spacial score (nSPS) is 14.2. The Morgan fingerprint density at radius 2 is 1.88 bits per heavy atom. The van der Waals surface area contributed by atoms with Crippen molar-refractivity contribution in [1.82, 2.24) is 0 Å². The fourth-order valence-corrected chi connectivity index (χ4v) is 1.89. The molecule has 0 saturated heterocycles. The molecule has 0 bridgehead atoms. The van der Waals surface area contributed by atoms with Gasteiger partial charge in [0.1, 0.15) is 5.76 Å². The number of rotatable bonds is 9. The monoisotopic (exact) mass is 226 g/mol. The van der Waals surface area contributed by atoms with Gasteiger partial charge in [-0.2, -0.15) is 0 Å². The molecule has 0 amide bonds. The highest BCUT2D eigenvalue weighted by Gasteiger charge is 2.22. The molecule has 0 aliphatic heterocycles. The Balaban J connectivity index is 4.29. The van der Waals surface area contributed by atoms with E-state index in [4.69, 9.17) is 4.74 Å². The lowest BCUT2D eigenvalue weighted by molar-refractivity contribution is -0.424. The molecule has 0 aromatic rings. The van der Waals surface area contributed by atoms with Gasteiger partial charge in [0.15, 0.2) is 0 Å². The van der Waals surface area contributed by atoms with Crippen molar-refractivity contribution in [3.05, 3.63) is 24.5 Å². The van der Waals surface area contributed by atoms with Crippen molar-refractivity contribution in [2.24, 2.45) is 5.92 Å². The summed E-state index contributed by atoms with van der Waals surface area (Å²) in [6, 6.07) is 0.363. The van der Waals surface area contributed by atoms with Crippen molar-refractivity contribution < 1.29 is 10.5 Å². The van der Waals surface area contributed by atoms with Gasteiger partial charge in [0.2, 0.25) is 0 Å². The number of unbranched alkanes of at least 4 members (excludes halogenated alkanes) is 2. The second-order valence-electron chi connectivity index (χ2n) is 4.46. The number of hydrogen-bond acceptors (Lipinski definition) is 1. The molecule has 16 heavy (non-hydrogen) atoms. The van der Waals surface area contributed by atoms with Gasteiger partial charge in [-0.15, -0.1) is 0 Å². The molecule has 94 valence electrons. The summed E-state index contributed by atoms with van der Waals surface area (Å²) in [5.74, 6) is 1.14. The first-order valence-electron chi connectivity index (χ1n) is 6.38. The van der Waals surface area contributed by atoms with Crippen LogP contribution in [0.25, 0.3) is 0 Å². The average molecular weight is 226 g/mol. The third-order valence-corrected chi connectivity index (χ3v) is 2.93. The summed E-state index contributed by atoms with van der Waals surface area (Å²) in [7, 11) is 0. The van der Waals surface area contributed by atoms with Crippen molar-refractivity contribution in [2.75, 3.05) is 6.61 Å². The maximum Gasteiger partial charge on any atom is 0.115 e. The predicted molar refractivity (Wildman–Crippen MR) is 69.9 cm³/mol. The fraction of sp³-hybridized carbons (Fsp3) is 0.714. The summed E-state index contributed by atoms with van der Waals surface area (Å²) in [5.41, 5.74) is 5.15. The SMILES string of the molecule is C=C(OCC)C(=C)C(CCCCC)C(C)[NH3+]. The van der Waals surface area contributed by atoms with Crippen LogP contribution < -0.4 is 5.73 Å². The summed E-state index contributed by atoms with van der Waals surface area (Å²) < 4.78 is 5.42. The quantitative estimate of drug-likeness (QED) is 0.366. The van der Waals surface area contributed by atoms with Gasteiger partial charge in [-0.3, -0.25) is 0 Å². The lowest BCUT2D eigenvalue weighted by atomic mass is 9.87. The molecule has 2 atom stereocenters. The molecule has 2 heteroatoms. The topological polar surface area (TPSA) is 36.9 Å².